The van der Waals surface area contributed by atoms with E-state index < -0.39 is 10.0 Å². The Labute approximate surface area is 164 Å². The summed E-state index contributed by atoms with van der Waals surface area (Å²) in [4.78, 5) is 12.1. The van der Waals surface area contributed by atoms with Gasteiger partial charge in [-0.3, -0.25) is 4.79 Å². The number of halogens is 1. The molecular weight excluding hydrogens is 388 g/mol. The van der Waals surface area contributed by atoms with Gasteiger partial charge in [-0.25, -0.2) is 13.1 Å². The first-order valence-corrected chi connectivity index (χ1v) is 10.3. The SMILES string of the molecule is Cc1cc(S(=O)(=O)NC(C)C)ccc1OCC(=O)NCc1ccc(Cl)cc1. The second-order valence-corrected chi connectivity index (χ2v) is 8.55. The van der Waals surface area contributed by atoms with Crippen LogP contribution in [0.1, 0.15) is 25.0 Å². The van der Waals surface area contributed by atoms with Crippen molar-refractivity contribution >= 4 is 27.5 Å². The lowest BCUT2D eigenvalue weighted by atomic mass is 10.2. The lowest BCUT2D eigenvalue weighted by molar-refractivity contribution is -0.123. The van der Waals surface area contributed by atoms with Gasteiger partial charge in [0.05, 0.1) is 4.90 Å². The maximum atomic E-state index is 12.2. The Hall–Kier alpha value is -2.09. The molecule has 2 aromatic rings. The van der Waals surface area contributed by atoms with Crippen LogP contribution in [-0.2, 0) is 21.4 Å². The van der Waals surface area contributed by atoms with Crippen molar-refractivity contribution in [1.29, 1.82) is 0 Å². The average Bonchev–Trinajstić information content (AvgIpc) is 2.59. The van der Waals surface area contributed by atoms with Gasteiger partial charge in [0.2, 0.25) is 10.0 Å². The van der Waals surface area contributed by atoms with E-state index in [4.69, 9.17) is 16.3 Å². The normalized spacial score (nSPS) is 11.4. The third-order valence-corrected chi connectivity index (χ3v) is 5.52. The average molecular weight is 411 g/mol. The highest BCUT2D eigenvalue weighted by molar-refractivity contribution is 7.89. The van der Waals surface area contributed by atoms with Gasteiger partial charge in [0, 0.05) is 17.6 Å². The van der Waals surface area contributed by atoms with Gasteiger partial charge in [0.1, 0.15) is 5.75 Å². The van der Waals surface area contributed by atoms with E-state index in [1.165, 1.54) is 12.1 Å². The summed E-state index contributed by atoms with van der Waals surface area (Å²) in [5, 5.41) is 3.39. The van der Waals surface area contributed by atoms with Gasteiger partial charge in [0.15, 0.2) is 6.61 Å². The van der Waals surface area contributed by atoms with E-state index in [1.54, 1.807) is 39.0 Å². The van der Waals surface area contributed by atoms with Crippen LogP contribution >= 0.6 is 11.6 Å². The minimum Gasteiger partial charge on any atom is -0.484 e. The van der Waals surface area contributed by atoms with E-state index in [0.717, 1.165) is 5.56 Å². The molecule has 1 amide bonds. The molecule has 0 unspecified atom stereocenters. The zero-order chi connectivity index (χ0) is 20.0. The number of carbonyl (C=O) groups is 1. The molecule has 6 nitrogen and oxygen atoms in total. The number of ether oxygens (including phenoxy) is 1. The summed E-state index contributed by atoms with van der Waals surface area (Å²) in [6.07, 6.45) is 0. The van der Waals surface area contributed by atoms with E-state index in [-0.39, 0.29) is 23.5 Å². The third-order valence-electron chi connectivity index (χ3n) is 3.61. The molecule has 0 fully saturated rings. The maximum Gasteiger partial charge on any atom is 0.258 e. The highest BCUT2D eigenvalue weighted by Gasteiger charge is 2.16. The molecule has 0 radical (unpaired) electrons. The van der Waals surface area contributed by atoms with Crippen molar-refractivity contribution in [2.75, 3.05) is 6.61 Å². The van der Waals surface area contributed by atoms with E-state index in [0.29, 0.717) is 22.9 Å². The molecule has 0 heterocycles. The predicted molar refractivity (Wildman–Crippen MR) is 105 cm³/mol. The number of aryl methyl sites for hydroxylation is 1. The van der Waals surface area contributed by atoms with Crippen LogP contribution in [0.3, 0.4) is 0 Å². The molecule has 8 heteroatoms. The van der Waals surface area contributed by atoms with Crippen LogP contribution in [0.5, 0.6) is 5.75 Å². The van der Waals surface area contributed by atoms with Gasteiger partial charge >= 0.3 is 0 Å². The monoisotopic (exact) mass is 410 g/mol. The van der Waals surface area contributed by atoms with Crippen LogP contribution < -0.4 is 14.8 Å². The lowest BCUT2D eigenvalue weighted by Gasteiger charge is -2.13. The van der Waals surface area contributed by atoms with Crippen LogP contribution in [0.2, 0.25) is 5.02 Å². The van der Waals surface area contributed by atoms with Crippen LogP contribution in [0, 0.1) is 6.92 Å². The molecular formula is C19H23ClN2O4S. The summed E-state index contributed by atoms with van der Waals surface area (Å²) in [7, 11) is -3.57. The third kappa shape index (κ3) is 6.53. The first kappa shape index (κ1) is 21.2. The molecule has 0 bridgehead atoms. The molecule has 0 saturated heterocycles. The molecule has 0 spiro atoms. The van der Waals surface area contributed by atoms with Crippen molar-refractivity contribution in [3.8, 4) is 5.75 Å². The molecule has 0 atom stereocenters. The van der Waals surface area contributed by atoms with Crippen molar-refractivity contribution in [3.05, 3.63) is 58.6 Å². The topological polar surface area (TPSA) is 84.5 Å². The number of rotatable bonds is 8. The first-order valence-electron chi connectivity index (χ1n) is 8.44. The van der Waals surface area contributed by atoms with Gasteiger partial charge in [-0.05, 0) is 62.2 Å². The Bertz CT molecular complexity index is 896. The highest BCUT2D eigenvalue weighted by Crippen LogP contribution is 2.22. The minimum atomic E-state index is -3.57. The fourth-order valence-electron chi connectivity index (χ4n) is 2.33. The van der Waals surface area contributed by atoms with E-state index >= 15 is 0 Å². The summed E-state index contributed by atoms with van der Waals surface area (Å²) in [6.45, 7) is 5.45. The largest absolute Gasteiger partial charge is 0.484 e. The molecule has 146 valence electrons. The van der Waals surface area contributed by atoms with Crippen molar-refractivity contribution < 1.29 is 17.9 Å². The number of amides is 1. The highest BCUT2D eigenvalue weighted by atomic mass is 35.5. The van der Waals surface area contributed by atoms with Gasteiger partial charge in [-0.1, -0.05) is 23.7 Å². The summed E-state index contributed by atoms with van der Waals surface area (Å²) in [5.74, 6) is 0.183. The Morgan fingerprint density at radius 2 is 1.81 bits per heavy atom. The number of benzene rings is 2. The Morgan fingerprint density at radius 3 is 2.41 bits per heavy atom. The molecule has 0 aromatic heterocycles. The van der Waals surface area contributed by atoms with Crippen LogP contribution in [0.4, 0.5) is 0 Å². The molecule has 0 aliphatic rings. The number of hydrogen-bond acceptors (Lipinski definition) is 4. The van der Waals surface area contributed by atoms with Crippen molar-refractivity contribution in [3.63, 3.8) is 0 Å². The van der Waals surface area contributed by atoms with E-state index in [1.807, 2.05) is 12.1 Å². The zero-order valence-corrected chi connectivity index (χ0v) is 17.0. The van der Waals surface area contributed by atoms with E-state index in [2.05, 4.69) is 10.0 Å². The standard InChI is InChI=1S/C19H23ClN2O4S/c1-13(2)22-27(24,25)17-8-9-18(14(3)10-17)26-12-19(23)21-11-15-4-6-16(20)7-5-15/h4-10,13,22H,11-12H2,1-3H3,(H,21,23). The van der Waals surface area contributed by atoms with Gasteiger partial charge in [0.25, 0.3) is 5.91 Å². The van der Waals surface area contributed by atoms with Gasteiger partial charge in [-0.15, -0.1) is 0 Å². The molecule has 2 N–H and O–H groups in total. The minimum absolute atomic E-state index is 0.160. The Balaban J connectivity index is 1.91. The maximum absolute atomic E-state index is 12.2. The van der Waals surface area contributed by atoms with Crippen LogP contribution in [0.15, 0.2) is 47.4 Å². The zero-order valence-electron chi connectivity index (χ0n) is 15.5. The predicted octanol–water partition coefficient (Wildman–Crippen LogP) is 3.03. The summed E-state index contributed by atoms with van der Waals surface area (Å²) < 4.78 is 32.4. The summed E-state index contributed by atoms with van der Waals surface area (Å²) in [5.41, 5.74) is 1.56. The molecule has 2 aromatic carbocycles. The van der Waals surface area contributed by atoms with Crippen molar-refractivity contribution in [1.82, 2.24) is 10.0 Å². The number of carbonyl (C=O) groups excluding carboxylic acids is 1. The molecule has 0 saturated carbocycles. The van der Waals surface area contributed by atoms with E-state index in [9.17, 15) is 13.2 Å². The molecule has 27 heavy (non-hydrogen) atoms. The lowest BCUT2D eigenvalue weighted by Crippen LogP contribution is -2.30. The molecule has 2 rings (SSSR count). The van der Waals surface area contributed by atoms with Gasteiger partial charge in [-0.2, -0.15) is 0 Å². The first-order chi connectivity index (χ1) is 12.7. The number of sulfonamides is 1. The Morgan fingerprint density at radius 1 is 1.15 bits per heavy atom. The van der Waals surface area contributed by atoms with Crippen molar-refractivity contribution in [2.45, 2.75) is 38.3 Å². The van der Waals surface area contributed by atoms with Crippen molar-refractivity contribution in [2.24, 2.45) is 0 Å². The second-order valence-electron chi connectivity index (χ2n) is 6.40. The molecule has 0 aliphatic heterocycles. The smallest absolute Gasteiger partial charge is 0.258 e. The molecule has 0 aliphatic carbocycles. The summed E-state index contributed by atoms with van der Waals surface area (Å²) in [6, 6.07) is 11.5. The quantitative estimate of drug-likeness (QED) is 0.700. The fourth-order valence-corrected chi connectivity index (χ4v) is 3.79. The van der Waals surface area contributed by atoms with Crippen LogP contribution in [-0.4, -0.2) is 27.0 Å². The fraction of sp³-hybridized carbons (Fsp3) is 0.316. The Kier molecular flexibility index (Phi) is 7.24. The van der Waals surface area contributed by atoms with Crippen LogP contribution in [0.25, 0.3) is 0 Å². The number of hydrogen-bond donors (Lipinski definition) is 2. The number of nitrogens with one attached hydrogen (secondary N) is 2. The summed E-state index contributed by atoms with van der Waals surface area (Å²) >= 11 is 5.82. The second kappa shape index (κ2) is 9.21. The van der Waals surface area contributed by atoms with Gasteiger partial charge < -0.3 is 10.1 Å².